The lowest BCUT2D eigenvalue weighted by molar-refractivity contribution is -0.119. The van der Waals surface area contributed by atoms with E-state index in [1.165, 1.54) is 12.1 Å². The topological polar surface area (TPSA) is 43.1 Å². The van der Waals surface area contributed by atoms with Gasteiger partial charge in [0.25, 0.3) is 0 Å². The predicted octanol–water partition coefficient (Wildman–Crippen LogP) is 2.44. The Labute approximate surface area is 96.8 Å². The molecule has 0 heterocycles. The molecule has 0 amide bonds. The van der Waals surface area contributed by atoms with Crippen molar-refractivity contribution in [3.05, 3.63) is 34.1 Å². The molecule has 0 saturated carbocycles. The van der Waals surface area contributed by atoms with Gasteiger partial charge in [-0.1, -0.05) is 22.9 Å². The fourth-order valence-electron chi connectivity index (χ4n) is 1.23. The summed E-state index contributed by atoms with van der Waals surface area (Å²) < 4.78 is 13.7. The van der Waals surface area contributed by atoms with Crippen molar-refractivity contribution < 1.29 is 9.18 Å². The van der Waals surface area contributed by atoms with E-state index in [1.807, 2.05) is 6.92 Å². The third kappa shape index (κ3) is 3.39. The lowest BCUT2D eigenvalue weighted by Crippen LogP contribution is -2.30. The highest BCUT2D eigenvalue weighted by atomic mass is 79.9. The summed E-state index contributed by atoms with van der Waals surface area (Å²) in [5.74, 6) is -0.408. The SMILES string of the molecule is CCC(N)C(=O)Cc1cc(F)ccc1Br. The number of nitrogens with two attached hydrogens (primary N) is 1. The number of rotatable bonds is 4. The third-order valence-electron chi connectivity index (χ3n) is 2.23. The molecule has 0 radical (unpaired) electrons. The second-order valence-electron chi connectivity index (χ2n) is 3.39. The second kappa shape index (κ2) is 5.37. The number of carbonyl (C=O) groups excluding carboxylic acids is 1. The van der Waals surface area contributed by atoms with E-state index in [9.17, 15) is 9.18 Å². The van der Waals surface area contributed by atoms with E-state index in [0.29, 0.717) is 12.0 Å². The first-order chi connectivity index (χ1) is 7.04. The van der Waals surface area contributed by atoms with Crippen LogP contribution >= 0.6 is 15.9 Å². The smallest absolute Gasteiger partial charge is 0.153 e. The highest BCUT2D eigenvalue weighted by Crippen LogP contribution is 2.18. The van der Waals surface area contributed by atoms with Crippen LogP contribution in [0.15, 0.2) is 22.7 Å². The molecule has 0 aliphatic heterocycles. The van der Waals surface area contributed by atoms with Crippen LogP contribution in [0.1, 0.15) is 18.9 Å². The highest BCUT2D eigenvalue weighted by molar-refractivity contribution is 9.10. The Hall–Kier alpha value is -0.740. The summed E-state index contributed by atoms with van der Waals surface area (Å²) in [5.41, 5.74) is 6.24. The molecule has 0 aromatic heterocycles. The number of hydrogen-bond donors (Lipinski definition) is 1. The summed E-state index contributed by atoms with van der Waals surface area (Å²) in [6.07, 6.45) is 0.777. The minimum Gasteiger partial charge on any atom is -0.322 e. The molecule has 2 N–H and O–H groups in total. The molecule has 1 rings (SSSR count). The molecule has 1 atom stereocenters. The zero-order chi connectivity index (χ0) is 11.4. The maximum absolute atomic E-state index is 12.9. The molecule has 0 fully saturated rings. The Morgan fingerprint density at radius 1 is 1.60 bits per heavy atom. The van der Waals surface area contributed by atoms with Crippen LogP contribution in [0.3, 0.4) is 0 Å². The van der Waals surface area contributed by atoms with Gasteiger partial charge in [-0.3, -0.25) is 4.79 Å². The van der Waals surface area contributed by atoms with E-state index in [-0.39, 0.29) is 18.0 Å². The largest absolute Gasteiger partial charge is 0.322 e. The zero-order valence-corrected chi connectivity index (χ0v) is 10.1. The van der Waals surface area contributed by atoms with Gasteiger partial charge < -0.3 is 5.73 Å². The molecular formula is C11H13BrFNO. The van der Waals surface area contributed by atoms with Crippen molar-refractivity contribution in [3.63, 3.8) is 0 Å². The van der Waals surface area contributed by atoms with Crippen LogP contribution in [0, 0.1) is 5.82 Å². The van der Waals surface area contributed by atoms with E-state index in [2.05, 4.69) is 15.9 Å². The van der Waals surface area contributed by atoms with E-state index >= 15 is 0 Å². The Balaban J connectivity index is 2.80. The molecule has 0 bridgehead atoms. The van der Waals surface area contributed by atoms with Crippen molar-refractivity contribution in [2.75, 3.05) is 0 Å². The van der Waals surface area contributed by atoms with E-state index in [1.54, 1.807) is 6.07 Å². The Bertz CT molecular complexity index is 368. The van der Waals surface area contributed by atoms with Gasteiger partial charge >= 0.3 is 0 Å². The summed E-state index contributed by atoms with van der Waals surface area (Å²) in [6, 6.07) is 3.83. The number of carbonyl (C=O) groups is 1. The van der Waals surface area contributed by atoms with Crippen LogP contribution in [0.25, 0.3) is 0 Å². The van der Waals surface area contributed by atoms with Crippen LogP contribution in [0.5, 0.6) is 0 Å². The Morgan fingerprint density at radius 2 is 2.27 bits per heavy atom. The molecule has 0 aliphatic carbocycles. The van der Waals surface area contributed by atoms with E-state index in [0.717, 1.165) is 4.47 Å². The zero-order valence-electron chi connectivity index (χ0n) is 8.47. The van der Waals surface area contributed by atoms with E-state index < -0.39 is 6.04 Å². The molecule has 15 heavy (non-hydrogen) atoms. The van der Waals surface area contributed by atoms with Crippen LogP contribution in [0.4, 0.5) is 4.39 Å². The van der Waals surface area contributed by atoms with Crippen molar-refractivity contribution in [2.45, 2.75) is 25.8 Å². The standard InChI is InChI=1S/C11H13BrFNO/c1-2-10(14)11(15)6-7-5-8(13)3-4-9(7)12/h3-5,10H,2,6,14H2,1H3. The Kier molecular flexibility index (Phi) is 4.42. The van der Waals surface area contributed by atoms with Gasteiger partial charge in [-0.25, -0.2) is 4.39 Å². The van der Waals surface area contributed by atoms with Crippen molar-refractivity contribution in [3.8, 4) is 0 Å². The minimum absolute atomic E-state index is 0.0659. The van der Waals surface area contributed by atoms with Gasteiger partial charge in [0.05, 0.1) is 6.04 Å². The van der Waals surface area contributed by atoms with Crippen LogP contribution in [-0.4, -0.2) is 11.8 Å². The lowest BCUT2D eigenvalue weighted by Gasteiger charge is -2.08. The summed E-state index contributed by atoms with van der Waals surface area (Å²) in [7, 11) is 0. The summed E-state index contributed by atoms with van der Waals surface area (Å²) >= 11 is 3.27. The van der Waals surface area contributed by atoms with Gasteiger partial charge in [-0.2, -0.15) is 0 Å². The maximum Gasteiger partial charge on any atom is 0.153 e. The molecule has 0 spiro atoms. The first-order valence-corrected chi connectivity index (χ1v) is 5.56. The van der Waals surface area contributed by atoms with Crippen molar-refractivity contribution in [1.29, 1.82) is 0 Å². The highest BCUT2D eigenvalue weighted by Gasteiger charge is 2.13. The quantitative estimate of drug-likeness (QED) is 0.916. The summed E-state index contributed by atoms with van der Waals surface area (Å²) in [5, 5.41) is 0. The molecule has 1 aromatic rings. The van der Waals surface area contributed by atoms with Gasteiger partial charge in [0, 0.05) is 10.9 Å². The number of halogens is 2. The second-order valence-corrected chi connectivity index (χ2v) is 4.25. The van der Waals surface area contributed by atoms with Gasteiger partial charge in [-0.05, 0) is 30.2 Å². The number of Topliss-reactive ketones (excluding diaryl/α,β-unsaturated/α-hetero) is 1. The van der Waals surface area contributed by atoms with Crippen molar-refractivity contribution in [2.24, 2.45) is 5.73 Å². The van der Waals surface area contributed by atoms with Crippen molar-refractivity contribution in [1.82, 2.24) is 0 Å². The van der Waals surface area contributed by atoms with Crippen LogP contribution < -0.4 is 5.73 Å². The average Bonchev–Trinajstić information content (AvgIpc) is 2.22. The molecule has 2 nitrogen and oxygen atoms in total. The maximum atomic E-state index is 12.9. The molecular weight excluding hydrogens is 261 g/mol. The van der Waals surface area contributed by atoms with Crippen molar-refractivity contribution >= 4 is 21.7 Å². The van der Waals surface area contributed by atoms with Crippen LogP contribution in [0.2, 0.25) is 0 Å². The minimum atomic E-state index is -0.458. The monoisotopic (exact) mass is 273 g/mol. The van der Waals surface area contributed by atoms with Gasteiger partial charge in [0.1, 0.15) is 5.82 Å². The molecule has 82 valence electrons. The molecule has 1 aromatic carbocycles. The number of benzene rings is 1. The van der Waals surface area contributed by atoms with Gasteiger partial charge in [0.2, 0.25) is 0 Å². The first-order valence-electron chi connectivity index (χ1n) is 4.76. The molecule has 0 aliphatic rings. The number of ketones is 1. The average molecular weight is 274 g/mol. The summed E-state index contributed by atoms with van der Waals surface area (Å²) in [6.45, 7) is 1.85. The van der Waals surface area contributed by atoms with Gasteiger partial charge in [0.15, 0.2) is 5.78 Å². The molecule has 4 heteroatoms. The normalized spacial score (nSPS) is 12.5. The lowest BCUT2D eigenvalue weighted by atomic mass is 10.0. The van der Waals surface area contributed by atoms with Crippen LogP contribution in [-0.2, 0) is 11.2 Å². The molecule has 1 unspecified atom stereocenters. The fraction of sp³-hybridized carbons (Fsp3) is 0.364. The summed E-state index contributed by atoms with van der Waals surface area (Å²) in [4.78, 5) is 11.5. The predicted molar refractivity (Wildman–Crippen MR) is 61.1 cm³/mol. The fourth-order valence-corrected chi connectivity index (χ4v) is 1.61. The van der Waals surface area contributed by atoms with E-state index in [4.69, 9.17) is 5.73 Å². The third-order valence-corrected chi connectivity index (χ3v) is 3.00. The molecule has 0 saturated heterocycles. The number of hydrogen-bond acceptors (Lipinski definition) is 2. The Morgan fingerprint density at radius 3 is 2.87 bits per heavy atom. The van der Waals surface area contributed by atoms with Gasteiger partial charge in [-0.15, -0.1) is 0 Å². The first kappa shape index (κ1) is 12.3.